The topological polar surface area (TPSA) is 114 Å². The quantitative estimate of drug-likeness (QED) is 0.170. The van der Waals surface area contributed by atoms with Gasteiger partial charge in [0.05, 0.1) is 24.8 Å². The lowest BCUT2D eigenvalue weighted by Gasteiger charge is -2.30. The van der Waals surface area contributed by atoms with Gasteiger partial charge in [0.1, 0.15) is 5.75 Å². The van der Waals surface area contributed by atoms with Crippen molar-refractivity contribution < 1.29 is 24.2 Å². The first-order valence-corrected chi connectivity index (χ1v) is 16.5. The van der Waals surface area contributed by atoms with Gasteiger partial charge in [0, 0.05) is 53.1 Å². The number of rotatable bonds is 12. The second-order valence-electron chi connectivity index (χ2n) is 13.1. The number of nitrogens with one attached hydrogen (secondary N) is 1. The minimum Gasteiger partial charge on any atom is -0.493 e. The zero-order valence-electron chi connectivity index (χ0n) is 26.2. The molecule has 0 radical (unpaired) electrons. The Morgan fingerprint density at radius 1 is 1.11 bits per heavy atom. The van der Waals surface area contributed by atoms with Crippen LogP contribution < -0.4 is 15.0 Å². The Kier molecular flexibility index (Phi) is 8.26. The van der Waals surface area contributed by atoms with E-state index in [1.54, 1.807) is 6.07 Å². The van der Waals surface area contributed by atoms with Gasteiger partial charge in [0.25, 0.3) is 5.91 Å². The summed E-state index contributed by atoms with van der Waals surface area (Å²) in [6, 6.07) is 19.1. The molecule has 1 aromatic heterocycles. The van der Waals surface area contributed by atoms with E-state index in [0.29, 0.717) is 61.3 Å². The van der Waals surface area contributed by atoms with Gasteiger partial charge >= 0.3 is 5.97 Å². The van der Waals surface area contributed by atoms with Crippen LogP contribution in [0.3, 0.4) is 0 Å². The molecular formula is C37H37ClN4O5. The molecule has 0 unspecified atom stereocenters. The zero-order valence-corrected chi connectivity index (χ0v) is 27.0. The molecule has 2 heterocycles. The second-order valence-corrected chi connectivity index (χ2v) is 13.5. The summed E-state index contributed by atoms with van der Waals surface area (Å²) in [7, 11) is 0. The second kappa shape index (κ2) is 12.5. The SMILES string of the molecule is Cc1c(Cl)cccc1OCCCC(=O)N1C[C@@H]2C[C@@H]2c2c(-c3cnn(Cc4cccc(C(=O)NCC5(C(=O)O)CC5)c4)c3)cccc21. The van der Waals surface area contributed by atoms with Crippen LogP contribution >= 0.6 is 11.6 Å². The molecule has 0 spiro atoms. The van der Waals surface area contributed by atoms with E-state index < -0.39 is 11.4 Å². The third-order valence-corrected chi connectivity index (χ3v) is 10.2. The molecule has 3 aromatic carbocycles. The van der Waals surface area contributed by atoms with Gasteiger partial charge in [-0.25, -0.2) is 0 Å². The molecule has 47 heavy (non-hydrogen) atoms. The normalized spacial score (nSPS) is 18.6. The van der Waals surface area contributed by atoms with Crippen LogP contribution in [0.25, 0.3) is 11.1 Å². The average Bonchev–Trinajstić information content (AvgIpc) is 3.99. The first kappa shape index (κ1) is 31.0. The van der Waals surface area contributed by atoms with Crippen LogP contribution in [0.2, 0.25) is 5.02 Å². The number of hydrogen-bond acceptors (Lipinski definition) is 5. The molecule has 4 aromatic rings. The number of aliphatic carboxylic acids is 1. The summed E-state index contributed by atoms with van der Waals surface area (Å²) >= 11 is 6.21. The van der Waals surface area contributed by atoms with Gasteiger partial charge < -0.3 is 20.1 Å². The number of carboxylic acids is 1. The molecule has 2 aliphatic carbocycles. The van der Waals surface area contributed by atoms with Gasteiger partial charge in [-0.1, -0.05) is 41.9 Å². The van der Waals surface area contributed by atoms with Crippen LogP contribution in [0.4, 0.5) is 5.69 Å². The van der Waals surface area contributed by atoms with Gasteiger partial charge in [-0.15, -0.1) is 0 Å². The Balaban J connectivity index is 1.01. The summed E-state index contributed by atoms with van der Waals surface area (Å²) < 4.78 is 7.78. The number of anilines is 1. The molecule has 2 amide bonds. The van der Waals surface area contributed by atoms with E-state index in [1.807, 2.05) is 71.4 Å². The van der Waals surface area contributed by atoms with E-state index >= 15 is 0 Å². The summed E-state index contributed by atoms with van der Waals surface area (Å²) in [5.41, 5.74) is 5.78. The lowest BCUT2D eigenvalue weighted by Crippen LogP contribution is -2.36. The van der Waals surface area contributed by atoms with Crippen molar-refractivity contribution in [2.24, 2.45) is 11.3 Å². The number of carbonyl (C=O) groups excluding carboxylic acids is 2. The van der Waals surface area contributed by atoms with Crippen LogP contribution in [0.5, 0.6) is 5.75 Å². The fourth-order valence-corrected chi connectivity index (χ4v) is 6.81. The van der Waals surface area contributed by atoms with Crippen molar-refractivity contribution >= 4 is 35.1 Å². The highest BCUT2D eigenvalue weighted by molar-refractivity contribution is 6.31. The Morgan fingerprint density at radius 3 is 2.72 bits per heavy atom. The number of amides is 2. The predicted octanol–water partition coefficient (Wildman–Crippen LogP) is 6.46. The zero-order chi connectivity index (χ0) is 32.7. The minimum absolute atomic E-state index is 0.107. The van der Waals surface area contributed by atoms with Crippen molar-refractivity contribution in [3.8, 4) is 16.9 Å². The van der Waals surface area contributed by atoms with Crippen LogP contribution in [0.15, 0.2) is 73.1 Å². The predicted molar refractivity (Wildman–Crippen MR) is 179 cm³/mol. The van der Waals surface area contributed by atoms with Crippen molar-refractivity contribution in [1.82, 2.24) is 15.1 Å². The number of benzene rings is 3. The highest BCUT2D eigenvalue weighted by Gasteiger charge is 2.50. The lowest BCUT2D eigenvalue weighted by molar-refractivity contribution is -0.143. The first-order chi connectivity index (χ1) is 22.7. The maximum atomic E-state index is 13.5. The van der Waals surface area contributed by atoms with Crippen molar-refractivity contribution in [2.45, 2.75) is 51.5 Å². The highest BCUT2D eigenvalue weighted by Crippen LogP contribution is 2.57. The maximum Gasteiger partial charge on any atom is 0.311 e. The summed E-state index contributed by atoms with van der Waals surface area (Å²) in [6.07, 6.45) is 7.14. The van der Waals surface area contributed by atoms with E-state index in [4.69, 9.17) is 16.3 Å². The van der Waals surface area contributed by atoms with Gasteiger partial charge in [-0.2, -0.15) is 5.10 Å². The largest absolute Gasteiger partial charge is 0.493 e. The highest BCUT2D eigenvalue weighted by atomic mass is 35.5. The van der Waals surface area contributed by atoms with E-state index in [1.165, 1.54) is 5.56 Å². The summed E-state index contributed by atoms with van der Waals surface area (Å²) in [6.45, 7) is 3.73. The molecule has 7 rings (SSSR count). The Labute approximate surface area is 278 Å². The number of halogens is 1. The molecule has 242 valence electrons. The van der Waals surface area contributed by atoms with Gasteiger partial charge in [0.2, 0.25) is 5.91 Å². The van der Waals surface area contributed by atoms with Crippen molar-refractivity contribution in [3.63, 3.8) is 0 Å². The Bertz CT molecular complexity index is 1860. The van der Waals surface area contributed by atoms with E-state index in [2.05, 4.69) is 22.5 Å². The first-order valence-electron chi connectivity index (χ1n) is 16.2. The number of ether oxygens (including phenoxy) is 1. The van der Waals surface area contributed by atoms with Gasteiger partial charge in [0.15, 0.2) is 0 Å². The molecule has 0 saturated heterocycles. The number of nitrogens with zero attached hydrogens (tertiary/aromatic N) is 3. The van der Waals surface area contributed by atoms with Crippen molar-refractivity contribution in [2.75, 3.05) is 24.6 Å². The molecule has 2 N–H and O–H groups in total. The van der Waals surface area contributed by atoms with Crippen molar-refractivity contribution in [1.29, 1.82) is 0 Å². The van der Waals surface area contributed by atoms with Crippen LogP contribution in [-0.2, 0) is 16.1 Å². The monoisotopic (exact) mass is 652 g/mol. The molecule has 10 heteroatoms. The Hall–Kier alpha value is -4.63. The lowest BCUT2D eigenvalue weighted by atomic mass is 9.92. The summed E-state index contributed by atoms with van der Waals surface area (Å²) in [5, 5.41) is 17.5. The average molecular weight is 653 g/mol. The van der Waals surface area contributed by atoms with E-state index in [-0.39, 0.29) is 18.4 Å². The number of carboxylic acid groups (broad SMARTS) is 1. The summed E-state index contributed by atoms with van der Waals surface area (Å²) in [5.74, 6) is 0.620. The molecule has 0 bridgehead atoms. The van der Waals surface area contributed by atoms with Gasteiger partial charge in [-0.3, -0.25) is 19.1 Å². The summed E-state index contributed by atoms with van der Waals surface area (Å²) in [4.78, 5) is 39.7. The number of hydrogen-bond donors (Lipinski definition) is 2. The fraction of sp³-hybridized carbons (Fsp3) is 0.351. The van der Waals surface area contributed by atoms with Gasteiger partial charge in [-0.05, 0) is 91.5 Å². The molecule has 1 aliphatic heterocycles. The van der Waals surface area contributed by atoms with E-state index in [9.17, 15) is 19.5 Å². The van der Waals surface area contributed by atoms with Crippen LogP contribution in [0, 0.1) is 18.3 Å². The van der Waals surface area contributed by atoms with E-state index in [0.717, 1.165) is 46.7 Å². The molecule has 2 saturated carbocycles. The molecule has 9 nitrogen and oxygen atoms in total. The minimum atomic E-state index is -0.858. The number of carbonyl (C=O) groups is 3. The van der Waals surface area contributed by atoms with Crippen molar-refractivity contribution in [3.05, 3.63) is 100 Å². The molecular weight excluding hydrogens is 616 g/mol. The molecule has 3 aliphatic rings. The van der Waals surface area contributed by atoms with Crippen LogP contribution in [-0.4, -0.2) is 52.4 Å². The standard InChI is InChI=1S/C37H37ClN4O5/c1-23-30(38)9-4-11-32(23)47-15-5-12-33(43)42-21-26-17-29(26)34-28(8-3-10-31(34)42)27-18-40-41(20-27)19-24-6-2-7-25(16-24)35(44)39-22-37(13-14-37)36(45)46/h2-4,6-11,16,18,20,26,29H,5,12-15,17,19,21-22H2,1H3,(H,39,44)(H,45,46)/t26-,29-/m0/s1. The third kappa shape index (κ3) is 6.37. The van der Waals surface area contributed by atoms with Crippen LogP contribution in [0.1, 0.15) is 65.1 Å². The third-order valence-electron chi connectivity index (χ3n) is 9.77. The molecule has 2 fully saturated rings. The molecule has 2 atom stereocenters. The fourth-order valence-electron chi connectivity index (χ4n) is 6.64. The number of aromatic nitrogens is 2. The maximum absolute atomic E-state index is 13.5. The smallest absolute Gasteiger partial charge is 0.311 e. The number of fused-ring (bicyclic) bond motifs is 3. The Morgan fingerprint density at radius 2 is 1.91 bits per heavy atom.